The van der Waals surface area contributed by atoms with E-state index in [1.54, 1.807) is 6.07 Å². The summed E-state index contributed by atoms with van der Waals surface area (Å²) < 4.78 is 2.36. The zero-order valence-electron chi connectivity index (χ0n) is 25.3. The predicted molar refractivity (Wildman–Crippen MR) is 163 cm³/mol. The highest BCUT2D eigenvalue weighted by Gasteiger charge is 2.38. The molecular formula is C32H49N7O. The van der Waals surface area contributed by atoms with Crippen molar-refractivity contribution >= 4 is 11.2 Å². The quantitative estimate of drug-likeness (QED) is 0.417. The number of likely N-dealkylation sites (tertiary alicyclic amines) is 1. The summed E-state index contributed by atoms with van der Waals surface area (Å²) in [5.41, 5.74) is 4.43. The minimum Gasteiger partial charge on any atom is -0.508 e. The zero-order chi connectivity index (χ0) is 28.3. The summed E-state index contributed by atoms with van der Waals surface area (Å²) in [6.07, 6.45) is 7.60. The Morgan fingerprint density at radius 1 is 1.02 bits per heavy atom. The van der Waals surface area contributed by atoms with Gasteiger partial charge in [-0.3, -0.25) is 14.7 Å². The second-order valence-electron chi connectivity index (χ2n) is 12.2. The summed E-state index contributed by atoms with van der Waals surface area (Å²) in [7, 11) is 6.56. The van der Waals surface area contributed by atoms with Crippen LogP contribution in [-0.4, -0.2) is 99.7 Å². The number of phenols is 1. The number of imidazole rings is 1. The number of hydrogen-bond acceptors (Lipinski definition) is 7. The molecule has 40 heavy (non-hydrogen) atoms. The molecule has 5 rings (SSSR count). The van der Waals surface area contributed by atoms with E-state index in [0.717, 1.165) is 82.7 Å². The highest BCUT2D eigenvalue weighted by molar-refractivity contribution is 5.72. The van der Waals surface area contributed by atoms with E-state index in [2.05, 4.69) is 77.5 Å². The van der Waals surface area contributed by atoms with Crippen molar-refractivity contribution in [2.24, 2.45) is 0 Å². The molecule has 0 amide bonds. The van der Waals surface area contributed by atoms with E-state index in [1.165, 1.54) is 29.9 Å². The van der Waals surface area contributed by atoms with Crippen LogP contribution in [0.2, 0.25) is 0 Å². The van der Waals surface area contributed by atoms with Crippen LogP contribution in [0.3, 0.4) is 0 Å². The molecule has 2 aliphatic heterocycles. The first-order valence-corrected chi connectivity index (χ1v) is 15.3. The average Bonchev–Trinajstić information content (AvgIpc) is 3.17. The van der Waals surface area contributed by atoms with Gasteiger partial charge >= 0.3 is 0 Å². The molecule has 1 atom stereocenters. The van der Waals surface area contributed by atoms with Crippen molar-refractivity contribution in [1.82, 2.24) is 34.1 Å². The molecule has 3 aromatic rings. The van der Waals surface area contributed by atoms with Gasteiger partial charge in [0.1, 0.15) is 17.1 Å². The number of aromatic nitrogens is 3. The van der Waals surface area contributed by atoms with Gasteiger partial charge < -0.3 is 14.6 Å². The summed E-state index contributed by atoms with van der Waals surface area (Å²) in [6.45, 7) is 12.8. The molecule has 2 aromatic heterocycles. The first-order valence-electron chi connectivity index (χ1n) is 15.3. The van der Waals surface area contributed by atoms with Crippen LogP contribution in [0.25, 0.3) is 11.2 Å². The molecular weight excluding hydrogens is 498 g/mol. The fourth-order valence-corrected chi connectivity index (χ4v) is 6.98. The second-order valence-corrected chi connectivity index (χ2v) is 12.2. The van der Waals surface area contributed by atoms with E-state index in [-0.39, 0.29) is 5.54 Å². The minimum absolute atomic E-state index is 0.0529. The number of phenolic OH excluding ortho intramolecular Hbond substituents is 1. The van der Waals surface area contributed by atoms with Crippen LogP contribution >= 0.6 is 0 Å². The number of benzene rings is 1. The largest absolute Gasteiger partial charge is 0.508 e. The van der Waals surface area contributed by atoms with Gasteiger partial charge in [0.15, 0.2) is 5.65 Å². The third kappa shape index (κ3) is 5.91. The number of hydrogen-bond donors (Lipinski definition) is 1. The normalized spacial score (nSPS) is 20.2. The summed E-state index contributed by atoms with van der Waals surface area (Å²) in [6, 6.07) is 10.4. The summed E-state index contributed by atoms with van der Waals surface area (Å²) >= 11 is 0. The SMILES string of the molecule is CCC[C@H](c1nc2cc(CN3CCC(c4cccc(O)c4)(N(C)C)CC3)cnc2n1CC)N1CCCN(C)CC1. The molecule has 0 spiro atoms. The molecule has 8 heteroatoms. The lowest BCUT2D eigenvalue weighted by atomic mass is 9.79. The monoisotopic (exact) mass is 547 g/mol. The fraction of sp³-hybridized carbons (Fsp3) is 0.625. The Morgan fingerprint density at radius 2 is 1.82 bits per heavy atom. The molecule has 0 radical (unpaired) electrons. The number of nitrogens with zero attached hydrogens (tertiary/aromatic N) is 7. The summed E-state index contributed by atoms with van der Waals surface area (Å²) in [5.74, 6) is 1.53. The molecule has 1 aromatic carbocycles. The van der Waals surface area contributed by atoms with Crippen LogP contribution in [-0.2, 0) is 18.6 Å². The van der Waals surface area contributed by atoms with Gasteiger partial charge in [0, 0.05) is 57.5 Å². The van der Waals surface area contributed by atoms with Crippen molar-refractivity contribution in [2.75, 3.05) is 60.4 Å². The summed E-state index contributed by atoms with van der Waals surface area (Å²) in [4.78, 5) is 20.2. The number of pyridine rings is 1. The Labute approximate surface area is 240 Å². The van der Waals surface area contributed by atoms with Gasteiger partial charge in [-0.2, -0.15) is 0 Å². The lowest BCUT2D eigenvalue weighted by molar-refractivity contribution is 0.0505. The molecule has 2 aliphatic rings. The van der Waals surface area contributed by atoms with Gasteiger partial charge in [-0.1, -0.05) is 25.5 Å². The standard InChI is InChI=1S/C32H49N7O/c1-6-10-29(38-16-9-15-36(5)19-20-38)31-34-28-21-25(23-33-30(28)39(31)7-2)24-37-17-13-32(14-18-37,35(3)4)26-11-8-12-27(40)22-26/h8,11-12,21-23,29,40H,6-7,9-10,13-20,24H2,1-5H3/t29-/m1/s1. The second kappa shape index (κ2) is 12.6. The van der Waals surface area contributed by atoms with Crippen LogP contribution in [0, 0.1) is 0 Å². The van der Waals surface area contributed by atoms with Crippen molar-refractivity contribution in [3.63, 3.8) is 0 Å². The third-order valence-electron chi connectivity index (χ3n) is 9.37. The first-order chi connectivity index (χ1) is 19.3. The van der Waals surface area contributed by atoms with Gasteiger partial charge in [-0.05, 0) is 89.6 Å². The summed E-state index contributed by atoms with van der Waals surface area (Å²) in [5, 5.41) is 10.1. The molecule has 0 bridgehead atoms. The minimum atomic E-state index is -0.0529. The lowest BCUT2D eigenvalue weighted by Gasteiger charge is -2.46. The molecule has 0 aliphatic carbocycles. The molecule has 218 valence electrons. The number of likely N-dealkylation sites (N-methyl/N-ethyl adjacent to an activating group) is 1. The van der Waals surface area contributed by atoms with Gasteiger partial charge in [-0.15, -0.1) is 0 Å². The van der Waals surface area contributed by atoms with Gasteiger partial charge in [0.05, 0.1) is 6.04 Å². The van der Waals surface area contributed by atoms with E-state index in [9.17, 15) is 5.11 Å². The van der Waals surface area contributed by atoms with Crippen molar-refractivity contribution in [1.29, 1.82) is 0 Å². The molecule has 0 saturated carbocycles. The predicted octanol–water partition coefficient (Wildman–Crippen LogP) is 4.69. The lowest BCUT2D eigenvalue weighted by Crippen LogP contribution is -2.50. The van der Waals surface area contributed by atoms with Crippen molar-refractivity contribution < 1.29 is 5.11 Å². The first kappa shape index (κ1) is 29.0. The van der Waals surface area contributed by atoms with E-state index in [4.69, 9.17) is 9.97 Å². The van der Waals surface area contributed by atoms with Gasteiger partial charge in [0.25, 0.3) is 0 Å². The number of aryl methyl sites for hydroxylation is 1. The Hall–Kier alpha value is -2.52. The van der Waals surface area contributed by atoms with Crippen LogP contribution in [0.1, 0.15) is 68.9 Å². The molecule has 1 N–H and O–H groups in total. The smallest absolute Gasteiger partial charge is 0.160 e. The van der Waals surface area contributed by atoms with Crippen LogP contribution in [0.15, 0.2) is 36.5 Å². The van der Waals surface area contributed by atoms with Crippen molar-refractivity contribution in [3.05, 3.63) is 53.5 Å². The Morgan fingerprint density at radius 3 is 2.52 bits per heavy atom. The van der Waals surface area contributed by atoms with E-state index >= 15 is 0 Å². The Kier molecular flexibility index (Phi) is 9.10. The Bertz CT molecular complexity index is 1260. The van der Waals surface area contributed by atoms with Crippen LogP contribution in [0.5, 0.6) is 5.75 Å². The van der Waals surface area contributed by atoms with Crippen molar-refractivity contribution in [3.8, 4) is 5.75 Å². The number of rotatable bonds is 9. The van der Waals surface area contributed by atoms with E-state index < -0.39 is 0 Å². The van der Waals surface area contributed by atoms with E-state index in [1.807, 2.05) is 12.1 Å². The fourth-order valence-electron chi connectivity index (χ4n) is 6.98. The number of aromatic hydroxyl groups is 1. The third-order valence-corrected chi connectivity index (χ3v) is 9.37. The molecule has 8 nitrogen and oxygen atoms in total. The maximum absolute atomic E-state index is 10.1. The highest BCUT2D eigenvalue weighted by Crippen LogP contribution is 2.39. The van der Waals surface area contributed by atoms with Gasteiger partial charge in [0.2, 0.25) is 0 Å². The molecule has 0 unspecified atom stereocenters. The number of fused-ring (bicyclic) bond motifs is 1. The molecule has 2 saturated heterocycles. The van der Waals surface area contributed by atoms with Crippen molar-refractivity contribution in [2.45, 2.75) is 70.6 Å². The van der Waals surface area contributed by atoms with Crippen LogP contribution in [0.4, 0.5) is 0 Å². The zero-order valence-corrected chi connectivity index (χ0v) is 25.3. The molecule has 4 heterocycles. The average molecular weight is 548 g/mol. The maximum Gasteiger partial charge on any atom is 0.160 e. The topological polar surface area (TPSA) is 63.9 Å². The Balaban J connectivity index is 1.34. The maximum atomic E-state index is 10.1. The van der Waals surface area contributed by atoms with Gasteiger partial charge in [-0.25, -0.2) is 9.97 Å². The van der Waals surface area contributed by atoms with Crippen LogP contribution < -0.4 is 0 Å². The highest BCUT2D eigenvalue weighted by atomic mass is 16.3. The van der Waals surface area contributed by atoms with E-state index in [0.29, 0.717) is 11.8 Å². The molecule has 2 fully saturated rings. The number of piperidine rings is 1.